The summed E-state index contributed by atoms with van der Waals surface area (Å²) >= 11 is 0. The van der Waals surface area contributed by atoms with E-state index in [0.29, 0.717) is 25.2 Å². The van der Waals surface area contributed by atoms with Crippen molar-refractivity contribution in [1.82, 2.24) is 4.57 Å². The molecule has 2 atom stereocenters. The van der Waals surface area contributed by atoms with Gasteiger partial charge in [-0.1, -0.05) is 36.4 Å². The van der Waals surface area contributed by atoms with Crippen LogP contribution in [0.4, 0.5) is 4.39 Å². The largest absolute Gasteiger partial charge is 0.488 e. The monoisotopic (exact) mass is 393 g/mol. The van der Waals surface area contributed by atoms with E-state index in [1.807, 2.05) is 55.5 Å². The Morgan fingerprint density at radius 2 is 1.79 bits per heavy atom. The Bertz CT molecular complexity index is 983. The number of carbonyl (C=O) groups excluding carboxylic acids is 1. The predicted octanol–water partition coefficient (Wildman–Crippen LogP) is 6.37. The smallest absolute Gasteiger partial charge is 0.132 e. The Labute approximate surface area is 171 Å². The summed E-state index contributed by atoms with van der Waals surface area (Å²) in [4.78, 5) is 11.7. The molecular weight excluding hydrogens is 365 g/mol. The second-order valence-electron chi connectivity index (χ2n) is 8.13. The summed E-state index contributed by atoms with van der Waals surface area (Å²) in [6.45, 7) is 4.03. The van der Waals surface area contributed by atoms with Crippen LogP contribution < -0.4 is 4.74 Å². The van der Waals surface area contributed by atoms with E-state index in [1.165, 1.54) is 0 Å². The highest BCUT2D eigenvalue weighted by atomic mass is 19.1. The molecule has 1 aromatic heterocycles. The fourth-order valence-corrected chi connectivity index (χ4v) is 4.32. The van der Waals surface area contributed by atoms with Crippen molar-refractivity contribution >= 4 is 16.7 Å². The Morgan fingerprint density at radius 1 is 1.07 bits per heavy atom. The first kappa shape index (κ1) is 19.7. The maximum Gasteiger partial charge on any atom is 0.132 e. The van der Waals surface area contributed by atoms with Gasteiger partial charge in [-0.2, -0.15) is 0 Å². The number of carbonyl (C=O) groups is 1. The molecule has 3 nitrogen and oxygen atoms in total. The molecule has 4 rings (SSSR count). The van der Waals surface area contributed by atoms with Crippen LogP contribution in [-0.4, -0.2) is 16.5 Å². The summed E-state index contributed by atoms with van der Waals surface area (Å²) in [6, 6.07) is 18.0. The molecule has 3 aromatic rings. The molecule has 0 aliphatic heterocycles. The summed E-state index contributed by atoms with van der Waals surface area (Å²) in [7, 11) is 0. The van der Waals surface area contributed by atoms with Crippen LogP contribution in [0.5, 0.6) is 5.75 Å². The molecule has 0 N–H and O–H groups in total. The molecule has 1 heterocycles. The maximum absolute atomic E-state index is 14.4. The summed E-state index contributed by atoms with van der Waals surface area (Å²) in [5, 5.41) is 1.02. The lowest BCUT2D eigenvalue weighted by atomic mass is 9.86. The van der Waals surface area contributed by atoms with E-state index in [-0.39, 0.29) is 12.0 Å². The molecule has 2 aromatic carbocycles. The Kier molecular flexibility index (Phi) is 5.70. The molecule has 1 saturated carbocycles. The summed E-state index contributed by atoms with van der Waals surface area (Å²) in [5.41, 5.74) is 3.24. The molecule has 1 aliphatic carbocycles. The Morgan fingerprint density at radius 3 is 2.48 bits per heavy atom. The second kappa shape index (κ2) is 8.40. The van der Waals surface area contributed by atoms with Crippen molar-refractivity contribution in [3.05, 3.63) is 65.9 Å². The van der Waals surface area contributed by atoms with Crippen LogP contribution in [0.1, 0.15) is 62.7 Å². The number of halogens is 1. The molecule has 152 valence electrons. The van der Waals surface area contributed by atoms with E-state index in [9.17, 15) is 9.18 Å². The highest BCUT2D eigenvalue weighted by Gasteiger charge is 2.28. The number of hydrogen-bond donors (Lipinski definition) is 0. The number of fused-ring (bicyclic) bond motifs is 1. The van der Waals surface area contributed by atoms with Crippen molar-refractivity contribution in [2.75, 3.05) is 0 Å². The van der Waals surface area contributed by atoms with Gasteiger partial charge < -0.3 is 9.30 Å². The summed E-state index contributed by atoms with van der Waals surface area (Å²) in [6.07, 6.45) is 1.93. The zero-order chi connectivity index (χ0) is 20.4. The molecule has 29 heavy (non-hydrogen) atoms. The number of ketones is 1. The van der Waals surface area contributed by atoms with Crippen LogP contribution >= 0.6 is 0 Å². The molecule has 0 spiro atoms. The number of ether oxygens (including phenoxy) is 1. The van der Waals surface area contributed by atoms with E-state index >= 15 is 0 Å². The van der Waals surface area contributed by atoms with Gasteiger partial charge in [0.25, 0.3) is 0 Å². The lowest BCUT2D eigenvalue weighted by molar-refractivity contribution is -0.120. The van der Waals surface area contributed by atoms with Gasteiger partial charge in [-0.3, -0.25) is 4.79 Å². The van der Waals surface area contributed by atoms with Crippen LogP contribution in [-0.2, 0) is 11.4 Å². The number of benzene rings is 2. The molecule has 1 unspecified atom stereocenters. The standard InChI is InChI=1S/C25H28FNO2/c1-17(26)18(2)27-23-9-6-10-25(29-16-19-7-4-3-5-8-19)22(23)15-24(27)20-11-13-21(28)14-12-20/h3-10,15,17-18,20H,11-14,16H2,1-2H3/t17-,18?/m1/s1. The van der Waals surface area contributed by atoms with Crippen LogP contribution in [0.15, 0.2) is 54.6 Å². The fraction of sp³-hybridized carbons (Fsp3) is 0.400. The zero-order valence-corrected chi connectivity index (χ0v) is 17.1. The number of nitrogens with zero attached hydrogens (tertiary/aromatic N) is 1. The molecule has 1 fully saturated rings. The van der Waals surface area contributed by atoms with Gasteiger partial charge in [-0.25, -0.2) is 4.39 Å². The Hall–Kier alpha value is -2.62. The van der Waals surface area contributed by atoms with Gasteiger partial charge in [0.05, 0.1) is 11.6 Å². The summed E-state index contributed by atoms with van der Waals surface area (Å²) in [5.74, 6) is 1.43. The second-order valence-corrected chi connectivity index (χ2v) is 8.13. The van der Waals surface area contributed by atoms with E-state index in [2.05, 4.69) is 10.6 Å². The van der Waals surface area contributed by atoms with Gasteiger partial charge in [0.15, 0.2) is 0 Å². The molecular formula is C25H28FNO2. The number of aromatic nitrogens is 1. The third-order valence-electron chi connectivity index (χ3n) is 6.14. The molecule has 4 heteroatoms. The number of hydrogen-bond acceptors (Lipinski definition) is 2. The van der Waals surface area contributed by atoms with Crippen molar-refractivity contribution in [2.45, 2.75) is 64.3 Å². The lowest BCUT2D eigenvalue weighted by Crippen LogP contribution is -2.21. The normalized spacial score (nSPS) is 17.4. The average molecular weight is 394 g/mol. The van der Waals surface area contributed by atoms with Crippen molar-refractivity contribution < 1.29 is 13.9 Å². The van der Waals surface area contributed by atoms with Crippen molar-refractivity contribution in [1.29, 1.82) is 0 Å². The third-order valence-corrected chi connectivity index (χ3v) is 6.14. The van der Waals surface area contributed by atoms with Gasteiger partial charge in [0.2, 0.25) is 0 Å². The molecule has 0 amide bonds. The first-order chi connectivity index (χ1) is 14.0. The Balaban J connectivity index is 1.73. The van der Waals surface area contributed by atoms with Gasteiger partial charge in [0, 0.05) is 29.8 Å². The van der Waals surface area contributed by atoms with Gasteiger partial charge in [0.1, 0.15) is 24.3 Å². The van der Waals surface area contributed by atoms with Crippen LogP contribution in [0.3, 0.4) is 0 Å². The van der Waals surface area contributed by atoms with Crippen molar-refractivity contribution in [2.24, 2.45) is 0 Å². The van der Waals surface area contributed by atoms with Crippen molar-refractivity contribution in [3.63, 3.8) is 0 Å². The first-order valence-electron chi connectivity index (χ1n) is 10.5. The van der Waals surface area contributed by atoms with Crippen molar-refractivity contribution in [3.8, 4) is 5.75 Å². The minimum absolute atomic E-state index is 0.274. The summed E-state index contributed by atoms with van der Waals surface area (Å²) < 4.78 is 22.7. The molecule has 0 bridgehead atoms. The maximum atomic E-state index is 14.4. The number of rotatable bonds is 6. The zero-order valence-electron chi connectivity index (χ0n) is 17.1. The number of alkyl halides is 1. The topological polar surface area (TPSA) is 31.2 Å². The molecule has 1 aliphatic rings. The van der Waals surface area contributed by atoms with E-state index < -0.39 is 6.17 Å². The van der Waals surface area contributed by atoms with Gasteiger partial charge >= 0.3 is 0 Å². The average Bonchev–Trinajstić information content (AvgIpc) is 3.13. The highest BCUT2D eigenvalue weighted by Crippen LogP contribution is 2.40. The van der Waals surface area contributed by atoms with Crippen LogP contribution in [0.25, 0.3) is 10.9 Å². The van der Waals surface area contributed by atoms with E-state index in [1.54, 1.807) is 6.92 Å². The third kappa shape index (κ3) is 4.07. The quantitative estimate of drug-likeness (QED) is 0.487. The first-order valence-corrected chi connectivity index (χ1v) is 10.5. The van der Waals surface area contributed by atoms with E-state index in [4.69, 9.17) is 4.74 Å². The van der Waals surface area contributed by atoms with Crippen LogP contribution in [0, 0.1) is 0 Å². The minimum Gasteiger partial charge on any atom is -0.488 e. The molecule has 0 radical (unpaired) electrons. The number of Topliss-reactive ketones (excluding diaryl/α,β-unsaturated/α-hetero) is 1. The minimum atomic E-state index is -0.969. The predicted molar refractivity (Wildman–Crippen MR) is 114 cm³/mol. The molecule has 0 saturated heterocycles. The van der Waals surface area contributed by atoms with E-state index in [0.717, 1.165) is 40.8 Å². The van der Waals surface area contributed by atoms with Crippen LogP contribution in [0.2, 0.25) is 0 Å². The highest BCUT2D eigenvalue weighted by molar-refractivity contribution is 5.88. The van der Waals surface area contributed by atoms with Gasteiger partial charge in [-0.05, 0) is 50.5 Å². The fourth-order valence-electron chi connectivity index (χ4n) is 4.32. The lowest BCUT2D eigenvalue weighted by Gasteiger charge is -2.27. The van der Waals surface area contributed by atoms with Gasteiger partial charge in [-0.15, -0.1) is 0 Å². The SMILES string of the molecule is CC([C@@H](C)F)n1c(C2CCC(=O)CC2)cc2c(OCc3ccccc3)cccc21.